The third-order valence-corrected chi connectivity index (χ3v) is 4.33. The maximum absolute atomic E-state index is 4.43. The molecule has 1 atom stereocenters. The van der Waals surface area contributed by atoms with Crippen LogP contribution in [-0.2, 0) is 0 Å². The molecule has 0 spiro atoms. The van der Waals surface area contributed by atoms with Crippen LogP contribution in [0.5, 0.6) is 0 Å². The van der Waals surface area contributed by atoms with Crippen molar-refractivity contribution in [2.45, 2.75) is 12.5 Å². The lowest BCUT2D eigenvalue weighted by Crippen LogP contribution is -2.07. The molecule has 1 N–H and O–H groups in total. The van der Waals surface area contributed by atoms with E-state index in [4.69, 9.17) is 0 Å². The number of nitrogens with zero attached hydrogens (tertiary/aromatic N) is 1. The molecule has 1 aliphatic heterocycles. The molecule has 1 aromatic heterocycles. The van der Waals surface area contributed by atoms with Crippen LogP contribution in [0.2, 0.25) is 0 Å². The normalized spacial score (nSPS) is 18.9. The Balaban J connectivity index is 1.77. The molecule has 0 bridgehead atoms. The summed E-state index contributed by atoms with van der Waals surface area (Å²) in [5.74, 6) is 0. The Labute approximate surface area is 113 Å². The van der Waals surface area contributed by atoms with Gasteiger partial charge in [-0.25, -0.2) is 0 Å². The van der Waals surface area contributed by atoms with Gasteiger partial charge in [0.25, 0.3) is 0 Å². The van der Waals surface area contributed by atoms with Crippen molar-refractivity contribution in [1.29, 1.82) is 0 Å². The summed E-state index contributed by atoms with van der Waals surface area (Å²) in [6, 6.07) is 12.9. The highest BCUT2D eigenvalue weighted by atomic mass is 79.9. The first-order valence-corrected chi connectivity index (χ1v) is 7.11. The zero-order chi connectivity index (χ0) is 11.7. The summed E-state index contributed by atoms with van der Waals surface area (Å²) < 4.78 is 1.10. The van der Waals surface area contributed by atoms with E-state index >= 15 is 0 Å². The third kappa shape index (κ3) is 2.28. The van der Waals surface area contributed by atoms with Gasteiger partial charge in [-0.1, -0.05) is 34.1 Å². The number of hydrazone groups is 1. The van der Waals surface area contributed by atoms with Crippen molar-refractivity contribution in [1.82, 2.24) is 5.43 Å². The summed E-state index contributed by atoms with van der Waals surface area (Å²) in [4.78, 5) is 1.35. The second-order valence-corrected chi connectivity index (χ2v) is 5.86. The largest absolute Gasteiger partial charge is 0.301 e. The predicted molar refractivity (Wildman–Crippen MR) is 75.5 cm³/mol. The Morgan fingerprint density at radius 1 is 1.24 bits per heavy atom. The van der Waals surface area contributed by atoms with Crippen molar-refractivity contribution >= 4 is 33.0 Å². The SMILES string of the molecule is Brc1ccc(C2=NN[C@@H](c3cccs3)C2)cc1. The van der Waals surface area contributed by atoms with Gasteiger partial charge in [-0.15, -0.1) is 11.3 Å². The van der Waals surface area contributed by atoms with Gasteiger partial charge < -0.3 is 5.43 Å². The number of rotatable bonds is 2. The molecule has 1 aliphatic rings. The molecule has 86 valence electrons. The molecule has 0 unspecified atom stereocenters. The number of hydrogen-bond acceptors (Lipinski definition) is 3. The van der Waals surface area contributed by atoms with E-state index in [0.717, 1.165) is 16.6 Å². The van der Waals surface area contributed by atoms with Crippen molar-refractivity contribution < 1.29 is 0 Å². The van der Waals surface area contributed by atoms with Gasteiger partial charge in [-0.3, -0.25) is 0 Å². The second kappa shape index (κ2) is 4.63. The zero-order valence-corrected chi connectivity index (χ0v) is 11.5. The number of benzene rings is 1. The van der Waals surface area contributed by atoms with Crippen molar-refractivity contribution in [3.63, 3.8) is 0 Å². The summed E-state index contributed by atoms with van der Waals surface area (Å²) in [5.41, 5.74) is 5.54. The molecule has 0 aliphatic carbocycles. The van der Waals surface area contributed by atoms with Crippen LogP contribution in [0, 0.1) is 0 Å². The highest BCUT2D eigenvalue weighted by Gasteiger charge is 2.21. The predicted octanol–water partition coefficient (Wildman–Crippen LogP) is 3.95. The molecule has 0 fully saturated rings. The van der Waals surface area contributed by atoms with E-state index in [1.807, 2.05) is 0 Å². The fraction of sp³-hybridized carbons (Fsp3) is 0.154. The van der Waals surface area contributed by atoms with Crippen LogP contribution in [0.15, 0.2) is 51.4 Å². The number of thiophene rings is 1. The molecular weight excluding hydrogens is 296 g/mol. The molecule has 3 rings (SSSR count). The van der Waals surface area contributed by atoms with Gasteiger partial charge in [0.1, 0.15) is 0 Å². The van der Waals surface area contributed by atoms with Gasteiger partial charge in [0.2, 0.25) is 0 Å². The highest BCUT2D eigenvalue weighted by molar-refractivity contribution is 9.10. The lowest BCUT2D eigenvalue weighted by Gasteiger charge is -2.06. The van der Waals surface area contributed by atoms with Crippen LogP contribution >= 0.6 is 27.3 Å². The molecule has 0 amide bonds. The van der Waals surface area contributed by atoms with E-state index < -0.39 is 0 Å². The van der Waals surface area contributed by atoms with Crippen LogP contribution in [0.3, 0.4) is 0 Å². The molecule has 2 aromatic rings. The molecule has 2 heterocycles. The summed E-state index contributed by atoms with van der Waals surface area (Å²) in [7, 11) is 0. The van der Waals surface area contributed by atoms with Crippen LogP contribution < -0.4 is 5.43 Å². The number of halogens is 1. The van der Waals surface area contributed by atoms with Crippen LogP contribution in [0.4, 0.5) is 0 Å². The van der Waals surface area contributed by atoms with Gasteiger partial charge in [0.05, 0.1) is 11.8 Å². The number of hydrogen-bond donors (Lipinski definition) is 1. The molecule has 4 heteroatoms. The maximum atomic E-state index is 4.43. The quantitative estimate of drug-likeness (QED) is 0.892. The summed E-state index contributed by atoms with van der Waals surface area (Å²) in [5, 5.41) is 6.54. The zero-order valence-electron chi connectivity index (χ0n) is 9.06. The summed E-state index contributed by atoms with van der Waals surface area (Å²) in [6.45, 7) is 0. The Kier molecular flexibility index (Phi) is 2.99. The van der Waals surface area contributed by atoms with Crippen molar-refractivity contribution in [3.8, 4) is 0 Å². The van der Waals surface area contributed by atoms with E-state index in [-0.39, 0.29) is 0 Å². The number of nitrogens with one attached hydrogen (secondary N) is 1. The first-order chi connectivity index (χ1) is 8.33. The van der Waals surface area contributed by atoms with E-state index in [9.17, 15) is 0 Å². The molecule has 1 aromatic carbocycles. The first kappa shape index (κ1) is 11.0. The van der Waals surface area contributed by atoms with Crippen molar-refractivity contribution in [2.24, 2.45) is 5.10 Å². The van der Waals surface area contributed by atoms with Gasteiger partial charge in [-0.2, -0.15) is 5.10 Å². The molecular formula is C13H11BrN2S. The lowest BCUT2D eigenvalue weighted by atomic mass is 10.0. The smallest absolute Gasteiger partial charge is 0.0838 e. The maximum Gasteiger partial charge on any atom is 0.0838 e. The second-order valence-electron chi connectivity index (χ2n) is 3.97. The summed E-state index contributed by atoms with van der Waals surface area (Å²) in [6.07, 6.45) is 0.960. The van der Waals surface area contributed by atoms with E-state index in [1.165, 1.54) is 10.4 Å². The fourth-order valence-corrected chi connectivity index (χ4v) is 2.95. The first-order valence-electron chi connectivity index (χ1n) is 5.44. The highest BCUT2D eigenvalue weighted by Crippen LogP contribution is 2.27. The van der Waals surface area contributed by atoms with Gasteiger partial charge in [-0.05, 0) is 29.1 Å². The molecule has 0 saturated heterocycles. The average molecular weight is 307 g/mol. The lowest BCUT2D eigenvalue weighted by molar-refractivity contribution is 0.630. The van der Waals surface area contributed by atoms with Gasteiger partial charge in [0.15, 0.2) is 0 Å². The van der Waals surface area contributed by atoms with Crippen LogP contribution in [0.25, 0.3) is 0 Å². The monoisotopic (exact) mass is 306 g/mol. The topological polar surface area (TPSA) is 24.4 Å². The Hall–Kier alpha value is -1.13. The minimum absolute atomic E-state index is 0.341. The van der Waals surface area contributed by atoms with E-state index in [1.54, 1.807) is 11.3 Å². The Bertz CT molecular complexity index is 531. The average Bonchev–Trinajstić information content (AvgIpc) is 3.00. The van der Waals surface area contributed by atoms with Crippen molar-refractivity contribution in [2.75, 3.05) is 0 Å². The fourth-order valence-electron chi connectivity index (χ4n) is 1.92. The minimum atomic E-state index is 0.341. The van der Waals surface area contributed by atoms with Gasteiger partial charge in [0, 0.05) is 15.8 Å². The molecule has 17 heavy (non-hydrogen) atoms. The summed E-state index contributed by atoms with van der Waals surface area (Å²) >= 11 is 5.22. The molecule has 0 radical (unpaired) electrons. The van der Waals surface area contributed by atoms with E-state index in [0.29, 0.717) is 6.04 Å². The Morgan fingerprint density at radius 2 is 2.06 bits per heavy atom. The van der Waals surface area contributed by atoms with Crippen molar-refractivity contribution in [3.05, 3.63) is 56.7 Å². The Morgan fingerprint density at radius 3 is 2.76 bits per heavy atom. The molecule has 2 nitrogen and oxygen atoms in total. The standard InChI is InChI=1S/C13H11BrN2S/c14-10-5-3-9(4-6-10)11-8-12(16-15-11)13-2-1-7-17-13/h1-7,12,16H,8H2/t12-/m1/s1. The van der Waals surface area contributed by atoms with Gasteiger partial charge >= 0.3 is 0 Å². The van der Waals surface area contributed by atoms with Crippen LogP contribution in [-0.4, -0.2) is 5.71 Å². The third-order valence-electron chi connectivity index (χ3n) is 2.82. The minimum Gasteiger partial charge on any atom is -0.301 e. The van der Waals surface area contributed by atoms with Crippen LogP contribution in [0.1, 0.15) is 22.9 Å². The van der Waals surface area contributed by atoms with E-state index in [2.05, 4.69) is 68.2 Å². The molecule has 0 saturated carbocycles.